The van der Waals surface area contributed by atoms with E-state index in [1.165, 1.54) is 24.3 Å². The van der Waals surface area contributed by atoms with E-state index in [-0.39, 0.29) is 5.56 Å². The van der Waals surface area contributed by atoms with Crippen LogP contribution in [0.1, 0.15) is 41.5 Å². The third-order valence-electron chi connectivity index (χ3n) is 4.45. The molecular formula is C19H15F4O2S-. The summed E-state index contributed by atoms with van der Waals surface area (Å²) in [6, 6.07) is 9.37. The van der Waals surface area contributed by atoms with Crippen molar-refractivity contribution in [2.45, 2.75) is 31.2 Å². The molecule has 0 fully saturated rings. The molecule has 0 saturated heterocycles. The summed E-state index contributed by atoms with van der Waals surface area (Å²) >= 11 is -2.38. The van der Waals surface area contributed by atoms with E-state index >= 15 is 0 Å². The third-order valence-corrected chi connectivity index (χ3v) is 5.00. The molecule has 2 aromatic rings. The predicted octanol–water partition coefficient (Wildman–Crippen LogP) is 5.32. The highest BCUT2D eigenvalue weighted by Gasteiger charge is 2.30. The Morgan fingerprint density at radius 2 is 1.54 bits per heavy atom. The van der Waals surface area contributed by atoms with E-state index < -0.39 is 34.4 Å². The van der Waals surface area contributed by atoms with E-state index in [1.54, 1.807) is 6.07 Å². The molecule has 2 nitrogen and oxygen atoms in total. The van der Waals surface area contributed by atoms with Crippen LogP contribution in [-0.2, 0) is 23.0 Å². The van der Waals surface area contributed by atoms with Crippen molar-refractivity contribution in [3.8, 4) is 0 Å². The summed E-state index contributed by atoms with van der Waals surface area (Å²) < 4.78 is 73.8. The lowest BCUT2D eigenvalue weighted by atomic mass is 9.95. The normalized spacial score (nSPS) is 16.2. The van der Waals surface area contributed by atoms with Crippen molar-refractivity contribution in [2.24, 2.45) is 0 Å². The summed E-state index contributed by atoms with van der Waals surface area (Å²) in [6.07, 6.45) is -2.15. The van der Waals surface area contributed by atoms with Gasteiger partial charge in [0.25, 0.3) is 0 Å². The molecule has 2 aromatic carbocycles. The molecule has 7 heteroatoms. The molecule has 1 aliphatic rings. The first-order valence-corrected chi connectivity index (χ1v) is 9.24. The van der Waals surface area contributed by atoms with Gasteiger partial charge in [-0.05, 0) is 65.3 Å². The Hall–Kier alpha value is -1.99. The number of allylic oxidation sites excluding steroid dienone is 2. The summed E-state index contributed by atoms with van der Waals surface area (Å²) in [6.45, 7) is 0. The second-order valence-electron chi connectivity index (χ2n) is 6.14. The molecule has 1 aliphatic carbocycles. The summed E-state index contributed by atoms with van der Waals surface area (Å²) in [5.41, 5.74) is 2.50. The van der Waals surface area contributed by atoms with Crippen molar-refractivity contribution in [1.82, 2.24) is 0 Å². The van der Waals surface area contributed by atoms with Crippen molar-refractivity contribution in [3.05, 3.63) is 70.5 Å². The summed E-state index contributed by atoms with van der Waals surface area (Å²) in [7, 11) is 0. The van der Waals surface area contributed by atoms with E-state index in [0.717, 1.165) is 29.7 Å². The molecule has 0 amide bonds. The van der Waals surface area contributed by atoms with Gasteiger partial charge < -0.3 is 4.55 Å². The van der Waals surface area contributed by atoms with E-state index in [1.807, 2.05) is 0 Å². The maximum Gasteiger partial charge on any atom is 0.416 e. The first-order valence-electron chi connectivity index (χ1n) is 8.00. The molecule has 0 radical (unpaired) electrons. The van der Waals surface area contributed by atoms with Gasteiger partial charge in [0.15, 0.2) is 0 Å². The highest BCUT2D eigenvalue weighted by Crippen LogP contribution is 2.41. The first kappa shape index (κ1) is 18.8. The molecule has 3 rings (SSSR count). The van der Waals surface area contributed by atoms with Crippen LogP contribution < -0.4 is 0 Å². The molecule has 0 bridgehead atoms. The Balaban J connectivity index is 1.95. The van der Waals surface area contributed by atoms with Crippen molar-refractivity contribution < 1.29 is 26.3 Å². The third kappa shape index (κ3) is 4.04. The van der Waals surface area contributed by atoms with Gasteiger partial charge in [0, 0.05) is 5.75 Å². The lowest BCUT2D eigenvalue weighted by Crippen LogP contribution is -2.04. The largest absolute Gasteiger partial charge is 0.772 e. The zero-order valence-electron chi connectivity index (χ0n) is 13.6. The van der Waals surface area contributed by atoms with E-state index in [0.29, 0.717) is 24.0 Å². The zero-order valence-corrected chi connectivity index (χ0v) is 14.4. The van der Waals surface area contributed by atoms with Gasteiger partial charge in [0.05, 0.1) is 5.56 Å². The van der Waals surface area contributed by atoms with Crippen molar-refractivity contribution in [1.29, 1.82) is 0 Å². The Morgan fingerprint density at radius 3 is 2.08 bits per heavy atom. The maximum absolute atomic E-state index is 14.2. The number of halogens is 4. The summed E-state index contributed by atoms with van der Waals surface area (Å²) in [5, 5.41) is 0. The standard InChI is InChI=1S/C19H16F4O2S/c20-18-10-13(4-5-14(18)11-26(24)25)17-3-1-2-16(17)12-6-8-15(9-7-12)19(21,22)23/h4-10H,1-3,11H2,(H,24,25)/p-1. The second-order valence-corrected chi connectivity index (χ2v) is 7.04. The smallest absolute Gasteiger partial charge is 0.416 e. The topological polar surface area (TPSA) is 40.1 Å². The van der Waals surface area contributed by atoms with Gasteiger partial charge in [-0.3, -0.25) is 4.21 Å². The van der Waals surface area contributed by atoms with Crippen LogP contribution in [0.3, 0.4) is 0 Å². The second kappa shape index (κ2) is 7.32. The fraction of sp³-hybridized carbons (Fsp3) is 0.263. The Labute approximate surface area is 150 Å². The van der Waals surface area contributed by atoms with Crippen LogP contribution >= 0.6 is 0 Å². The minimum absolute atomic E-state index is 0.0942. The van der Waals surface area contributed by atoms with Crippen molar-refractivity contribution in [3.63, 3.8) is 0 Å². The molecule has 0 N–H and O–H groups in total. The van der Waals surface area contributed by atoms with Crippen LogP contribution in [0.5, 0.6) is 0 Å². The SMILES string of the molecule is O=S([O-])Cc1ccc(C2=C(c3ccc(C(F)(F)F)cc3)CCC2)cc1F. The molecule has 0 heterocycles. The lowest BCUT2D eigenvalue weighted by Gasteiger charge is -2.12. The number of hydrogen-bond acceptors (Lipinski definition) is 2. The molecular weight excluding hydrogens is 368 g/mol. The van der Waals surface area contributed by atoms with Gasteiger partial charge in [0.1, 0.15) is 5.82 Å². The summed E-state index contributed by atoms with van der Waals surface area (Å²) in [4.78, 5) is 0. The monoisotopic (exact) mass is 383 g/mol. The Kier molecular flexibility index (Phi) is 5.29. The fourth-order valence-corrected chi connectivity index (χ4v) is 3.71. The van der Waals surface area contributed by atoms with E-state index in [9.17, 15) is 26.3 Å². The molecule has 26 heavy (non-hydrogen) atoms. The molecule has 0 aromatic heterocycles. The van der Waals surface area contributed by atoms with Gasteiger partial charge in [-0.2, -0.15) is 13.2 Å². The van der Waals surface area contributed by atoms with Gasteiger partial charge in [-0.15, -0.1) is 0 Å². The van der Waals surface area contributed by atoms with Crippen LogP contribution in [0.15, 0.2) is 42.5 Å². The molecule has 0 saturated carbocycles. The zero-order chi connectivity index (χ0) is 18.9. The minimum Gasteiger partial charge on any atom is -0.772 e. The van der Waals surface area contributed by atoms with Crippen LogP contribution in [-0.4, -0.2) is 8.76 Å². The van der Waals surface area contributed by atoms with Crippen LogP contribution in [0, 0.1) is 5.82 Å². The van der Waals surface area contributed by atoms with Gasteiger partial charge in [0.2, 0.25) is 0 Å². The highest BCUT2D eigenvalue weighted by molar-refractivity contribution is 7.78. The number of alkyl halides is 3. The quantitative estimate of drug-likeness (QED) is 0.530. The molecule has 0 spiro atoms. The number of hydrogen-bond donors (Lipinski definition) is 0. The Morgan fingerprint density at radius 1 is 0.962 bits per heavy atom. The minimum atomic E-state index is -4.38. The van der Waals surface area contributed by atoms with Gasteiger partial charge in [-0.25, -0.2) is 4.39 Å². The van der Waals surface area contributed by atoms with Crippen molar-refractivity contribution in [2.75, 3.05) is 0 Å². The van der Waals surface area contributed by atoms with Crippen LogP contribution in [0.2, 0.25) is 0 Å². The summed E-state index contributed by atoms with van der Waals surface area (Å²) in [5.74, 6) is -0.991. The predicted molar refractivity (Wildman–Crippen MR) is 91.1 cm³/mol. The lowest BCUT2D eigenvalue weighted by molar-refractivity contribution is -0.137. The molecule has 138 valence electrons. The fourth-order valence-electron chi connectivity index (χ4n) is 3.22. The molecule has 1 atom stereocenters. The van der Waals surface area contributed by atoms with Crippen LogP contribution in [0.25, 0.3) is 11.1 Å². The Bertz CT molecular complexity index is 870. The van der Waals surface area contributed by atoms with E-state index in [4.69, 9.17) is 0 Å². The molecule has 0 aliphatic heterocycles. The highest BCUT2D eigenvalue weighted by atomic mass is 32.2. The van der Waals surface area contributed by atoms with E-state index in [2.05, 4.69) is 0 Å². The molecule has 1 unspecified atom stereocenters. The average Bonchev–Trinajstić information content (AvgIpc) is 3.05. The first-order chi connectivity index (χ1) is 12.3. The van der Waals surface area contributed by atoms with Gasteiger partial charge >= 0.3 is 6.18 Å². The maximum atomic E-state index is 14.2. The van der Waals surface area contributed by atoms with Crippen LogP contribution in [0.4, 0.5) is 17.6 Å². The average molecular weight is 383 g/mol. The number of benzene rings is 2. The van der Waals surface area contributed by atoms with Crippen molar-refractivity contribution >= 4 is 22.2 Å². The van der Waals surface area contributed by atoms with Gasteiger partial charge in [-0.1, -0.05) is 35.3 Å². The number of rotatable bonds is 4.